The molecule has 0 spiro atoms. The number of nitrogens with two attached hydrogens (primary N) is 3. The summed E-state index contributed by atoms with van der Waals surface area (Å²) in [7, 11) is 0. The van der Waals surface area contributed by atoms with Crippen LogP contribution < -0.4 is 33.2 Å². The Morgan fingerprint density at radius 3 is 2.00 bits per heavy atom. The SMILES string of the molecule is CC(C)C(N)C(=O)NC(CS)C(=O)NC(CCCN=C(N)N)C(=O)NC(Cc1ccc(O)cc1)C(=O)O. The van der Waals surface area contributed by atoms with Gasteiger partial charge in [0.25, 0.3) is 0 Å². The number of aliphatic imine (C=N–C) groups is 1. The van der Waals surface area contributed by atoms with Crippen molar-refractivity contribution in [3.05, 3.63) is 29.8 Å². The molecule has 13 nitrogen and oxygen atoms in total. The second-order valence-corrected chi connectivity index (χ2v) is 9.16. The van der Waals surface area contributed by atoms with Crippen molar-refractivity contribution in [3.63, 3.8) is 0 Å². The molecule has 1 aromatic rings. The average Bonchev–Trinajstić information content (AvgIpc) is 2.83. The molecule has 0 saturated heterocycles. The molecule has 14 heteroatoms. The first-order valence-electron chi connectivity index (χ1n) is 11.7. The number of carbonyl (C=O) groups excluding carboxylic acids is 3. The van der Waals surface area contributed by atoms with Crippen molar-refractivity contribution >= 4 is 42.3 Å². The summed E-state index contributed by atoms with van der Waals surface area (Å²) in [5, 5.41) is 26.6. The zero-order valence-electron chi connectivity index (χ0n) is 20.9. The monoisotopic (exact) mass is 539 g/mol. The lowest BCUT2D eigenvalue weighted by Crippen LogP contribution is -2.58. The van der Waals surface area contributed by atoms with Crippen LogP contribution in [0.2, 0.25) is 0 Å². The Hall–Kier alpha value is -3.52. The highest BCUT2D eigenvalue weighted by Gasteiger charge is 2.30. The van der Waals surface area contributed by atoms with Crippen LogP contribution in [0, 0.1) is 5.92 Å². The van der Waals surface area contributed by atoms with Gasteiger partial charge in [0, 0.05) is 18.7 Å². The van der Waals surface area contributed by atoms with Crippen molar-refractivity contribution in [2.24, 2.45) is 28.1 Å². The number of aromatic hydroxyl groups is 1. The Morgan fingerprint density at radius 1 is 0.946 bits per heavy atom. The highest BCUT2D eigenvalue weighted by Crippen LogP contribution is 2.12. The van der Waals surface area contributed by atoms with E-state index in [4.69, 9.17) is 17.2 Å². The number of benzene rings is 1. The second-order valence-electron chi connectivity index (χ2n) is 8.79. The number of carbonyl (C=O) groups is 4. The van der Waals surface area contributed by atoms with Gasteiger partial charge in [0.05, 0.1) is 6.04 Å². The van der Waals surface area contributed by atoms with Gasteiger partial charge in [0.15, 0.2) is 5.96 Å². The second kappa shape index (κ2) is 15.6. The van der Waals surface area contributed by atoms with Crippen LogP contribution in [-0.2, 0) is 25.6 Å². The quantitative estimate of drug-likeness (QED) is 0.0541. The molecule has 0 heterocycles. The van der Waals surface area contributed by atoms with Gasteiger partial charge < -0.3 is 43.4 Å². The molecule has 1 rings (SSSR count). The van der Waals surface area contributed by atoms with Crippen molar-refractivity contribution in [1.29, 1.82) is 0 Å². The summed E-state index contributed by atoms with van der Waals surface area (Å²) in [4.78, 5) is 53.9. The molecule has 0 aliphatic heterocycles. The van der Waals surface area contributed by atoms with Gasteiger partial charge in [-0.05, 0) is 36.5 Å². The fraction of sp³-hybridized carbons (Fsp3) is 0.522. The topological polar surface area (TPSA) is 235 Å². The van der Waals surface area contributed by atoms with Crippen molar-refractivity contribution in [2.75, 3.05) is 12.3 Å². The van der Waals surface area contributed by atoms with Gasteiger partial charge in [-0.25, -0.2) is 4.79 Å². The van der Waals surface area contributed by atoms with Crippen LogP contribution in [0.4, 0.5) is 0 Å². The molecule has 0 saturated carbocycles. The molecule has 0 bridgehead atoms. The number of phenols is 1. The van der Waals surface area contributed by atoms with E-state index < -0.39 is 47.9 Å². The van der Waals surface area contributed by atoms with Crippen LogP contribution in [0.3, 0.4) is 0 Å². The molecule has 0 aliphatic carbocycles. The van der Waals surface area contributed by atoms with Gasteiger partial charge in [-0.2, -0.15) is 12.6 Å². The van der Waals surface area contributed by atoms with E-state index in [2.05, 4.69) is 33.6 Å². The Balaban J connectivity index is 3.00. The van der Waals surface area contributed by atoms with E-state index in [1.54, 1.807) is 13.8 Å². The number of hydrogen-bond donors (Lipinski definition) is 9. The summed E-state index contributed by atoms with van der Waals surface area (Å²) in [6, 6.07) is 1.49. The summed E-state index contributed by atoms with van der Waals surface area (Å²) in [6.07, 6.45) is 0.319. The van der Waals surface area contributed by atoms with Gasteiger partial charge >= 0.3 is 5.97 Å². The van der Waals surface area contributed by atoms with E-state index in [9.17, 15) is 29.4 Å². The number of carboxylic acid groups (broad SMARTS) is 1. The molecule has 0 aromatic heterocycles. The summed E-state index contributed by atoms with van der Waals surface area (Å²) >= 11 is 4.12. The molecule has 37 heavy (non-hydrogen) atoms. The normalized spacial score (nSPS) is 14.1. The van der Waals surface area contributed by atoms with E-state index in [1.807, 2.05) is 0 Å². The number of phenolic OH excluding ortho intramolecular Hbond substituents is 1. The number of thiol groups is 1. The van der Waals surface area contributed by atoms with Crippen molar-refractivity contribution in [3.8, 4) is 5.75 Å². The summed E-state index contributed by atoms with van der Waals surface area (Å²) in [5.74, 6) is -3.61. The van der Waals surface area contributed by atoms with Crippen LogP contribution in [0.25, 0.3) is 0 Å². The summed E-state index contributed by atoms with van der Waals surface area (Å²) in [5.41, 5.74) is 17.0. The first kappa shape index (κ1) is 31.5. The third-order valence-corrected chi connectivity index (χ3v) is 5.77. The third-order valence-electron chi connectivity index (χ3n) is 5.41. The van der Waals surface area contributed by atoms with Crippen LogP contribution in [0.15, 0.2) is 29.3 Å². The highest BCUT2D eigenvalue weighted by molar-refractivity contribution is 7.80. The van der Waals surface area contributed by atoms with Gasteiger partial charge in [-0.3, -0.25) is 19.4 Å². The Morgan fingerprint density at radius 2 is 1.49 bits per heavy atom. The maximum atomic E-state index is 13.1. The molecular formula is C23H37N7O6S. The minimum atomic E-state index is -1.31. The van der Waals surface area contributed by atoms with Crippen LogP contribution in [0.5, 0.6) is 5.75 Å². The number of rotatable bonds is 15. The van der Waals surface area contributed by atoms with E-state index in [1.165, 1.54) is 24.3 Å². The van der Waals surface area contributed by atoms with Gasteiger partial charge in [-0.1, -0.05) is 26.0 Å². The van der Waals surface area contributed by atoms with Crippen LogP contribution >= 0.6 is 12.6 Å². The Bertz CT molecular complexity index is 953. The maximum absolute atomic E-state index is 13.1. The van der Waals surface area contributed by atoms with Crippen LogP contribution in [-0.4, -0.2) is 76.3 Å². The smallest absolute Gasteiger partial charge is 0.326 e. The standard InChI is InChI=1S/C23H37N7O6S/c1-12(2)18(24)21(34)30-17(11-37)20(33)28-15(4-3-9-27-23(25)26)19(32)29-16(22(35)36)10-13-5-7-14(31)8-6-13/h5-8,12,15-18,31,37H,3-4,9-11,24H2,1-2H3,(H,28,33)(H,29,32)(H,30,34)(H,35,36)(H4,25,26,27). The van der Waals surface area contributed by atoms with E-state index in [0.29, 0.717) is 12.0 Å². The molecule has 206 valence electrons. The minimum Gasteiger partial charge on any atom is -0.508 e. The molecule has 11 N–H and O–H groups in total. The predicted molar refractivity (Wildman–Crippen MR) is 142 cm³/mol. The Kier molecular flexibility index (Phi) is 13.3. The molecule has 0 fully saturated rings. The predicted octanol–water partition coefficient (Wildman–Crippen LogP) is -1.56. The van der Waals surface area contributed by atoms with Gasteiger partial charge in [-0.15, -0.1) is 0 Å². The lowest BCUT2D eigenvalue weighted by Gasteiger charge is -2.25. The number of amides is 3. The first-order chi connectivity index (χ1) is 17.3. The van der Waals surface area contributed by atoms with Gasteiger partial charge in [0.1, 0.15) is 23.9 Å². The van der Waals surface area contributed by atoms with Crippen molar-refractivity contribution in [2.45, 2.75) is 57.3 Å². The number of aliphatic carboxylic acids is 1. The Labute approximate surface area is 221 Å². The highest BCUT2D eigenvalue weighted by atomic mass is 32.1. The fourth-order valence-corrected chi connectivity index (χ4v) is 3.41. The molecule has 0 aliphatic rings. The molecule has 4 atom stereocenters. The maximum Gasteiger partial charge on any atom is 0.326 e. The number of nitrogens with zero attached hydrogens (tertiary/aromatic N) is 1. The van der Waals surface area contributed by atoms with Crippen LogP contribution in [0.1, 0.15) is 32.3 Å². The summed E-state index contributed by atoms with van der Waals surface area (Å²) in [6.45, 7) is 3.69. The number of nitrogens with one attached hydrogen (secondary N) is 3. The number of hydrogen-bond acceptors (Lipinski definition) is 8. The third kappa shape index (κ3) is 11.4. The largest absolute Gasteiger partial charge is 0.508 e. The first-order valence-corrected chi connectivity index (χ1v) is 12.3. The number of guanidine groups is 1. The van der Waals surface area contributed by atoms with E-state index in [0.717, 1.165) is 0 Å². The van der Waals surface area contributed by atoms with E-state index in [-0.39, 0.29) is 42.8 Å². The zero-order valence-corrected chi connectivity index (χ0v) is 21.8. The molecule has 4 unspecified atom stereocenters. The van der Waals surface area contributed by atoms with E-state index >= 15 is 0 Å². The fourth-order valence-electron chi connectivity index (χ4n) is 3.15. The van der Waals surface area contributed by atoms with Gasteiger partial charge in [0.2, 0.25) is 17.7 Å². The molecule has 0 radical (unpaired) electrons. The zero-order chi connectivity index (χ0) is 28.1. The van der Waals surface area contributed by atoms with Crippen molar-refractivity contribution in [1.82, 2.24) is 16.0 Å². The lowest BCUT2D eigenvalue weighted by atomic mass is 10.0. The molecule has 1 aromatic carbocycles. The molecular weight excluding hydrogens is 502 g/mol. The number of carboxylic acids is 1. The average molecular weight is 540 g/mol. The molecule has 3 amide bonds. The summed E-state index contributed by atoms with van der Waals surface area (Å²) < 4.78 is 0. The minimum absolute atomic E-state index is 0.0170. The van der Waals surface area contributed by atoms with Crippen molar-refractivity contribution < 1.29 is 29.4 Å². The lowest BCUT2D eigenvalue weighted by molar-refractivity contribution is -0.142.